The van der Waals surface area contributed by atoms with Gasteiger partial charge in [0.15, 0.2) is 5.76 Å². The second-order valence-electron chi connectivity index (χ2n) is 8.97. The molecule has 0 radical (unpaired) electrons. The minimum Gasteiger partial charge on any atom is -0.466 e. The first-order chi connectivity index (χ1) is 17.1. The maximum absolute atomic E-state index is 13.3. The average molecular weight is 492 g/mol. The highest BCUT2D eigenvalue weighted by molar-refractivity contribution is 6.05. The summed E-state index contributed by atoms with van der Waals surface area (Å²) in [6.07, 6.45) is 3.88. The van der Waals surface area contributed by atoms with Gasteiger partial charge in [0.25, 0.3) is 11.6 Å². The molecule has 0 saturated carbocycles. The Balaban J connectivity index is 1.56. The molecule has 11 nitrogen and oxygen atoms in total. The predicted molar refractivity (Wildman–Crippen MR) is 130 cm³/mol. The molecule has 0 aliphatic carbocycles. The molecule has 4 rings (SSSR count). The van der Waals surface area contributed by atoms with Crippen LogP contribution in [0, 0.1) is 10.1 Å². The van der Waals surface area contributed by atoms with E-state index in [0.29, 0.717) is 23.6 Å². The summed E-state index contributed by atoms with van der Waals surface area (Å²) in [5.41, 5.74) is 1.39. The molecular formula is C25H24N4O7. The minimum atomic E-state index is -0.619. The molecule has 1 unspecified atom stereocenters. The van der Waals surface area contributed by atoms with Gasteiger partial charge < -0.3 is 14.2 Å². The molecule has 0 spiro atoms. The van der Waals surface area contributed by atoms with Crippen molar-refractivity contribution >= 4 is 29.1 Å². The summed E-state index contributed by atoms with van der Waals surface area (Å²) in [5.74, 6) is -0.0677. The maximum Gasteiger partial charge on any atom is 0.412 e. The van der Waals surface area contributed by atoms with Gasteiger partial charge in [-0.05, 0) is 50.6 Å². The topological polar surface area (TPSA) is 133 Å². The first kappa shape index (κ1) is 24.5. The van der Waals surface area contributed by atoms with E-state index in [2.05, 4.69) is 10.4 Å². The number of non-ortho nitro benzene ring substituents is 1. The SMILES string of the molecule is CC(C)(C)OC(=O)Nc1ccc(C2=NN(C(=O)c3ccc([N+](=O)[O-])cc3)C(C3=COC=CO3)C2)cc1. The first-order valence-corrected chi connectivity index (χ1v) is 11.0. The number of nitro groups is 1. The lowest BCUT2D eigenvalue weighted by molar-refractivity contribution is -0.384. The van der Waals surface area contributed by atoms with Crippen LogP contribution in [-0.2, 0) is 14.2 Å². The molecule has 0 bridgehead atoms. The van der Waals surface area contributed by atoms with Crippen LogP contribution < -0.4 is 5.32 Å². The molecule has 2 heterocycles. The van der Waals surface area contributed by atoms with Crippen LogP contribution in [0.25, 0.3) is 0 Å². The molecule has 1 N–H and O–H groups in total. The average Bonchev–Trinajstić information content (AvgIpc) is 3.29. The molecule has 11 heteroatoms. The van der Waals surface area contributed by atoms with E-state index in [9.17, 15) is 19.7 Å². The molecule has 36 heavy (non-hydrogen) atoms. The molecule has 2 aliphatic rings. The number of rotatable bonds is 5. The van der Waals surface area contributed by atoms with Crippen LogP contribution in [0.15, 0.2) is 78.2 Å². The molecular weight excluding hydrogens is 468 g/mol. The van der Waals surface area contributed by atoms with E-state index in [0.717, 1.165) is 5.56 Å². The number of carbonyl (C=O) groups excluding carboxylic acids is 2. The van der Waals surface area contributed by atoms with E-state index in [4.69, 9.17) is 14.2 Å². The van der Waals surface area contributed by atoms with Crippen molar-refractivity contribution in [2.24, 2.45) is 5.10 Å². The van der Waals surface area contributed by atoms with Crippen LogP contribution in [0.5, 0.6) is 0 Å². The van der Waals surface area contributed by atoms with Gasteiger partial charge in [0.05, 0.1) is 10.6 Å². The summed E-state index contributed by atoms with van der Waals surface area (Å²) >= 11 is 0. The van der Waals surface area contributed by atoms with Gasteiger partial charge >= 0.3 is 6.09 Å². The largest absolute Gasteiger partial charge is 0.466 e. The Kier molecular flexibility index (Phi) is 6.73. The van der Waals surface area contributed by atoms with Gasteiger partial charge in [-0.3, -0.25) is 20.2 Å². The molecule has 0 fully saturated rings. The lowest BCUT2D eigenvalue weighted by Gasteiger charge is -2.23. The lowest BCUT2D eigenvalue weighted by Crippen LogP contribution is -2.35. The van der Waals surface area contributed by atoms with Gasteiger partial charge in [0.1, 0.15) is 30.4 Å². The predicted octanol–water partition coefficient (Wildman–Crippen LogP) is 4.92. The van der Waals surface area contributed by atoms with Gasteiger partial charge in [-0.15, -0.1) is 0 Å². The number of hydrazone groups is 1. The number of hydrogen-bond acceptors (Lipinski definition) is 8. The lowest BCUT2D eigenvalue weighted by atomic mass is 10.0. The zero-order valence-corrected chi connectivity index (χ0v) is 19.8. The Morgan fingerprint density at radius 3 is 2.39 bits per heavy atom. The van der Waals surface area contributed by atoms with Crippen LogP contribution in [-0.4, -0.2) is 39.3 Å². The third kappa shape index (κ3) is 5.69. The zero-order valence-electron chi connectivity index (χ0n) is 19.8. The van der Waals surface area contributed by atoms with Crippen LogP contribution in [0.4, 0.5) is 16.2 Å². The van der Waals surface area contributed by atoms with Gasteiger partial charge in [-0.1, -0.05) is 12.1 Å². The van der Waals surface area contributed by atoms with E-state index in [1.165, 1.54) is 48.1 Å². The molecule has 0 aromatic heterocycles. The number of nitro benzene ring substituents is 1. The highest BCUT2D eigenvalue weighted by Gasteiger charge is 2.37. The highest BCUT2D eigenvalue weighted by atomic mass is 16.6. The second kappa shape index (κ2) is 9.90. The van der Waals surface area contributed by atoms with Crippen LogP contribution >= 0.6 is 0 Å². The van der Waals surface area contributed by atoms with Gasteiger partial charge in [-0.25, -0.2) is 9.80 Å². The van der Waals surface area contributed by atoms with E-state index in [1.54, 1.807) is 45.0 Å². The summed E-state index contributed by atoms with van der Waals surface area (Å²) in [6.45, 7) is 5.33. The Morgan fingerprint density at radius 2 is 1.81 bits per heavy atom. The van der Waals surface area contributed by atoms with E-state index in [1.807, 2.05) is 0 Å². The van der Waals surface area contributed by atoms with Crippen molar-refractivity contribution in [3.63, 3.8) is 0 Å². The summed E-state index contributed by atoms with van der Waals surface area (Å²) in [4.78, 5) is 35.7. The number of hydrogen-bond donors (Lipinski definition) is 1. The fourth-order valence-corrected chi connectivity index (χ4v) is 3.55. The van der Waals surface area contributed by atoms with Crippen molar-refractivity contribution in [2.75, 3.05) is 5.32 Å². The highest BCUT2D eigenvalue weighted by Crippen LogP contribution is 2.30. The number of benzene rings is 2. The summed E-state index contributed by atoms with van der Waals surface area (Å²) in [5, 5.41) is 19.4. The standard InChI is InChI=1S/C25H24N4O7/c1-25(2,3)36-24(31)26-18-8-4-16(5-9-18)20-14-21(22-15-34-12-13-35-22)28(27-20)23(30)17-6-10-19(11-7-17)29(32)33/h4-13,15,21H,14H2,1-3H3,(H,26,31). The molecule has 2 amide bonds. The van der Waals surface area contributed by atoms with Crippen molar-refractivity contribution in [2.45, 2.75) is 38.8 Å². The Hall–Kier alpha value is -4.67. The summed E-state index contributed by atoms with van der Waals surface area (Å²) in [6, 6.07) is 11.7. The van der Waals surface area contributed by atoms with Crippen molar-refractivity contribution in [3.05, 3.63) is 94.3 Å². The number of nitrogens with zero attached hydrogens (tertiary/aromatic N) is 3. The fraction of sp³-hybridized carbons (Fsp3) is 0.240. The van der Waals surface area contributed by atoms with E-state index >= 15 is 0 Å². The van der Waals surface area contributed by atoms with Crippen LogP contribution in [0.1, 0.15) is 43.1 Å². The second-order valence-corrected chi connectivity index (χ2v) is 8.97. The van der Waals surface area contributed by atoms with Crippen LogP contribution in [0.2, 0.25) is 0 Å². The van der Waals surface area contributed by atoms with Crippen molar-refractivity contribution < 1.29 is 28.7 Å². The number of nitrogens with one attached hydrogen (secondary N) is 1. The van der Waals surface area contributed by atoms with Crippen molar-refractivity contribution in [1.29, 1.82) is 0 Å². The Labute approximate surface area is 206 Å². The monoisotopic (exact) mass is 492 g/mol. The van der Waals surface area contributed by atoms with Gasteiger partial charge in [0, 0.05) is 29.8 Å². The first-order valence-electron chi connectivity index (χ1n) is 11.0. The van der Waals surface area contributed by atoms with Crippen LogP contribution in [0.3, 0.4) is 0 Å². The molecule has 1 atom stereocenters. The Morgan fingerprint density at radius 1 is 1.11 bits per heavy atom. The zero-order chi connectivity index (χ0) is 25.9. The fourth-order valence-electron chi connectivity index (χ4n) is 3.55. The van der Waals surface area contributed by atoms with E-state index in [-0.39, 0.29) is 11.3 Å². The molecule has 2 aromatic carbocycles. The van der Waals surface area contributed by atoms with Gasteiger partial charge in [0.2, 0.25) is 0 Å². The Bertz CT molecular complexity index is 1260. The summed E-state index contributed by atoms with van der Waals surface area (Å²) in [7, 11) is 0. The molecule has 2 aromatic rings. The normalized spacial score (nSPS) is 16.9. The van der Waals surface area contributed by atoms with Crippen molar-refractivity contribution in [3.8, 4) is 0 Å². The third-order valence-electron chi connectivity index (χ3n) is 5.16. The quantitative estimate of drug-likeness (QED) is 0.463. The molecule has 0 saturated heterocycles. The van der Waals surface area contributed by atoms with E-state index < -0.39 is 28.6 Å². The summed E-state index contributed by atoms with van der Waals surface area (Å²) < 4.78 is 16.0. The smallest absolute Gasteiger partial charge is 0.412 e. The number of carbonyl (C=O) groups is 2. The molecule has 186 valence electrons. The molecule has 2 aliphatic heterocycles. The minimum absolute atomic E-state index is 0.120. The van der Waals surface area contributed by atoms with Gasteiger partial charge in [-0.2, -0.15) is 5.10 Å². The number of amides is 2. The maximum atomic E-state index is 13.3. The number of anilines is 1. The number of ether oxygens (including phenoxy) is 3. The van der Waals surface area contributed by atoms with Crippen molar-refractivity contribution in [1.82, 2.24) is 5.01 Å². The third-order valence-corrected chi connectivity index (χ3v) is 5.16.